The number of ether oxygens (including phenoxy) is 1. The maximum atomic E-state index is 13.1. The number of aryl methyl sites for hydroxylation is 1. The number of amides is 1. The van der Waals surface area contributed by atoms with Crippen LogP contribution in [0, 0.1) is 6.92 Å². The highest BCUT2D eigenvalue weighted by atomic mass is 35.5. The van der Waals surface area contributed by atoms with Gasteiger partial charge in [-0.15, -0.1) is 24.8 Å². The van der Waals surface area contributed by atoms with Gasteiger partial charge in [-0.1, -0.05) is 12.1 Å². The number of pyridine rings is 1. The van der Waals surface area contributed by atoms with Crippen LogP contribution in [0.1, 0.15) is 47.8 Å². The van der Waals surface area contributed by atoms with E-state index in [-0.39, 0.29) is 42.8 Å². The van der Waals surface area contributed by atoms with Crippen LogP contribution >= 0.6 is 24.8 Å². The van der Waals surface area contributed by atoms with Crippen LogP contribution in [0.2, 0.25) is 0 Å². The van der Waals surface area contributed by atoms with Gasteiger partial charge in [-0.2, -0.15) is 0 Å². The van der Waals surface area contributed by atoms with Gasteiger partial charge < -0.3 is 19.8 Å². The number of benzene rings is 1. The fraction of sp³-hybridized carbons (Fsp3) is 0.391. The lowest BCUT2D eigenvalue weighted by Gasteiger charge is -2.38. The first-order valence-corrected chi connectivity index (χ1v) is 10.2. The summed E-state index contributed by atoms with van der Waals surface area (Å²) in [5.41, 5.74) is 9.69. The number of fused-ring (bicyclic) bond motifs is 1. The first-order chi connectivity index (χ1) is 14.0. The molecule has 1 aliphatic heterocycles. The highest BCUT2D eigenvalue weighted by molar-refractivity contribution is 5.95. The third-order valence-electron chi connectivity index (χ3n) is 5.53. The molecule has 2 unspecified atom stereocenters. The van der Waals surface area contributed by atoms with Crippen molar-refractivity contribution < 1.29 is 9.53 Å². The van der Waals surface area contributed by atoms with E-state index in [9.17, 15) is 4.79 Å². The largest absolute Gasteiger partial charge is 0.487 e. The number of nitrogens with zero attached hydrogens (tertiary/aromatic N) is 3. The minimum absolute atomic E-state index is 0. The second kappa shape index (κ2) is 10.8. The third kappa shape index (κ3) is 5.70. The predicted octanol–water partition coefficient (Wildman–Crippen LogP) is 4.41. The first kappa shape index (κ1) is 25.0. The van der Waals surface area contributed by atoms with Gasteiger partial charge in [-0.3, -0.25) is 4.79 Å². The van der Waals surface area contributed by atoms with Crippen LogP contribution in [0.3, 0.4) is 0 Å². The topological polar surface area (TPSA) is 72.9 Å². The van der Waals surface area contributed by atoms with Crippen LogP contribution in [0.25, 0.3) is 5.65 Å². The van der Waals surface area contributed by atoms with E-state index >= 15 is 0 Å². The Morgan fingerprint density at radius 2 is 2.03 bits per heavy atom. The van der Waals surface area contributed by atoms with Gasteiger partial charge in [-0.25, -0.2) is 4.98 Å². The molecular formula is C23H30Cl2N4O2. The molecule has 1 aromatic carbocycles. The number of nitrogens with two attached hydrogens (primary N) is 1. The molecule has 2 atom stereocenters. The van der Waals surface area contributed by atoms with Gasteiger partial charge in [0, 0.05) is 36.6 Å². The molecule has 0 bridgehead atoms. The minimum Gasteiger partial charge on any atom is -0.487 e. The number of likely N-dealkylation sites (tertiary alicyclic amines) is 1. The highest BCUT2D eigenvalue weighted by Gasteiger charge is 2.29. The summed E-state index contributed by atoms with van der Waals surface area (Å²) in [6.07, 6.45) is 7.13. The van der Waals surface area contributed by atoms with Crippen LogP contribution < -0.4 is 10.5 Å². The number of hydrogen-bond acceptors (Lipinski definition) is 4. The van der Waals surface area contributed by atoms with E-state index in [1.54, 1.807) is 0 Å². The molecular weight excluding hydrogens is 435 g/mol. The molecule has 4 rings (SSSR count). The van der Waals surface area contributed by atoms with E-state index < -0.39 is 0 Å². The van der Waals surface area contributed by atoms with E-state index in [0.717, 1.165) is 37.1 Å². The van der Waals surface area contributed by atoms with Crippen molar-refractivity contribution in [1.82, 2.24) is 14.3 Å². The number of rotatable bonds is 5. The van der Waals surface area contributed by atoms with Gasteiger partial charge >= 0.3 is 0 Å². The zero-order chi connectivity index (χ0) is 20.4. The van der Waals surface area contributed by atoms with Crippen molar-refractivity contribution in [2.45, 2.75) is 51.8 Å². The van der Waals surface area contributed by atoms with Gasteiger partial charge in [0.2, 0.25) is 0 Å². The number of halogens is 2. The summed E-state index contributed by atoms with van der Waals surface area (Å²) in [6, 6.07) is 11.5. The van der Waals surface area contributed by atoms with Crippen molar-refractivity contribution >= 4 is 36.4 Å². The molecule has 2 N–H and O–H groups in total. The molecule has 0 aliphatic carbocycles. The van der Waals surface area contributed by atoms with Crippen LogP contribution in [0.15, 0.2) is 48.8 Å². The number of carbonyl (C=O) groups excluding carboxylic acids is 1. The Morgan fingerprint density at radius 3 is 2.81 bits per heavy atom. The molecule has 0 radical (unpaired) electrons. The second-order valence-electron chi connectivity index (χ2n) is 7.94. The van der Waals surface area contributed by atoms with E-state index in [0.29, 0.717) is 17.9 Å². The zero-order valence-corrected chi connectivity index (χ0v) is 19.5. The monoisotopic (exact) mass is 464 g/mol. The van der Waals surface area contributed by atoms with Crippen molar-refractivity contribution in [3.63, 3.8) is 0 Å². The minimum atomic E-state index is -0.0302. The lowest BCUT2D eigenvalue weighted by atomic mass is 9.96. The SMILES string of the molecule is Cc1ccc2nc(COc3cccc(C(=O)N4CCCCC4C(C)N)c3)cn2c1.Cl.Cl. The number of imidazole rings is 1. The summed E-state index contributed by atoms with van der Waals surface area (Å²) in [5.74, 6) is 0.694. The first-order valence-electron chi connectivity index (χ1n) is 10.2. The standard InChI is InChI=1S/C23H28N4O2.2ClH/c1-16-9-10-22-25-19(14-26(22)13-16)15-29-20-7-5-6-18(12-20)23(28)27-11-4-3-8-21(27)17(2)24;;/h5-7,9-10,12-14,17,21H,3-4,8,11,15,24H2,1-2H3;2*1H. The smallest absolute Gasteiger partial charge is 0.254 e. The average Bonchev–Trinajstić information content (AvgIpc) is 3.14. The molecule has 1 aliphatic rings. The maximum absolute atomic E-state index is 13.1. The second-order valence-corrected chi connectivity index (χ2v) is 7.94. The Bertz CT molecular complexity index is 1020. The molecule has 1 saturated heterocycles. The summed E-state index contributed by atoms with van der Waals surface area (Å²) in [7, 11) is 0. The Labute approximate surface area is 195 Å². The molecule has 1 amide bonds. The van der Waals surface area contributed by atoms with Gasteiger partial charge in [0.25, 0.3) is 5.91 Å². The third-order valence-corrected chi connectivity index (χ3v) is 5.53. The number of hydrogen-bond donors (Lipinski definition) is 1. The lowest BCUT2D eigenvalue weighted by molar-refractivity contribution is 0.0583. The molecule has 6 nitrogen and oxygen atoms in total. The van der Waals surface area contributed by atoms with Gasteiger partial charge in [-0.05, 0) is 62.9 Å². The quantitative estimate of drug-likeness (QED) is 0.606. The fourth-order valence-electron chi connectivity index (χ4n) is 4.02. The summed E-state index contributed by atoms with van der Waals surface area (Å²) in [6.45, 7) is 5.14. The molecule has 1 fully saturated rings. The molecule has 8 heteroatoms. The average molecular weight is 465 g/mol. The summed E-state index contributed by atoms with van der Waals surface area (Å²) >= 11 is 0. The van der Waals surface area contributed by atoms with Crippen LogP contribution in [0.4, 0.5) is 0 Å². The molecule has 2 aromatic heterocycles. The summed E-state index contributed by atoms with van der Waals surface area (Å²) in [5, 5.41) is 0. The molecule has 0 spiro atoms. The van der Waals surface area contributed by atoms with Crippen molar-refractivity contribution in [1.29, 1.82) is 0 Å². The van der Waals surface area contributed by atoms with Crippen LogP contribution in [-0.2, 0) is 6.61 Å². The molecule has 3 aromatic rings. The molecule has 168 valence electrons. The van der Waals surface area contributed by atoms with Crippen LogP contribution in [0.5, 0.6) is 5.75 Å². The zero-order valence-electron chi connectivity index (χ0n) is 17.9. The summed E-state index contributed by atoms with van der Waals surface area (Å²) < 4.78 is 7.93. The Morgan fingerprint density at radius 1 is 1.23 bits per heavy atom. The van der Waals surface area contributed by atoms with Crippen molar-refractivity contribution in [2.75, 3.05) is 6.54 Å². The van der Waals surface area contributed by atoms with Gasteiger partial charge in [0.1, 0.15) is 18.0 Å². The predicted molar refractivity (Wildman–Crippen MR) is 128 cm³/mol. The van der Waals surface area contributed by atoms with E-state index in [1.165, 1.54) is 5.56 Å². The van der Waals surface area contributed by atoms with Crippen molar-refractivity contribution in [3.05, 3.63) is 65.6 Å². The number of carbonyl (C=O) groups is 1. The van der Waals surface area contributed by atoms with Gasteiger partial charge in [0.15, 0.2) is 0 Å². The van der Waals surface area contributed by atoms with Crippen molar-refractivity contribution in [3.8, 4) is 5.75 Å². The maximum Gasteiger partial charge on any atom is 0.254 e. The van der Waals surface area contributed by atoms with E-state index in [4.69, 9.17) is 10.5 Å². The van der Waals surface area contributed by atoms with E-state index in [2.05, 4.69) is 11.9 Å². The highest BCUT2D eigenvalue weighted by Crippen LogP contribution is 2.23. The number of piperidine rings is 1. The Kier molecular flexibility index (Phi) is 8.74. The molecule has 3 heterocycles. The Hall–Kier alpha value is -2.28. The van der Waals surface area contributed by atoms with Crippen molar-refractivity contribution in [2.24, 2.45) is 5.73 Å². The lowest BCUT2D eigenvalue weighted by Crippen LogP contribution is -2.51. The summed E-state index contributed by atoms with van der Waals surface area (Å²) in [4.78, 5) is 19.6. The number of aromatic nitrogens is 2. The normalized spacial score (nSPS) is 16.9. The van der Waals surface area contributed by atoms with Gasteiger partial charge in [0.05, 0.1) is 5.69 Å². The molecule has 0 saturated carbocycles. The van der Waals surface area contributed by atoms with Crippen LogP contribution in [-0.4, -0.2) is 38.8 Å². The Balaban J connectivity index is 0.00000171. The van der Waals surface area contributed by atoms with E-state index in [1.807, 2.05) is 65.0 Å². The fourth-order valence-corrected chi connectivity index (χ4v) is 4.02. The molecule has 31 heavy (non-hydrogen) atoms.